The summed E-state index contributed by atoms with van der Waals surface area (Å²) in [6.07, 6.45) is 4.32. The molecule has 2 bridgehead atoms. The van der Waals surface area contributed by atoms with E-state index in [2.05, 4.69) is 15.3 Å². The molecule has 9 heteroatoms. The molecule has 1 N–H and O–H groups in total. The molecule has 0 amide bonds. The lowest BCUT2D eigenvalue weighted by atomic mass is 10.00. The van der Waals surface area contributed by atoms with Crippen LogP contribution in [0.3, 0.4) is 0 Å². The van der Waals surface area contributed by atoms with Crippen LogP contribution in [-0.4, -0.2) is 48.0 Å². The number of ether oxygens (including phenoxy) is 1. The number of benzene rings is 1. The number of nitrogens with zero attached hydrogens (tertiary/aromatic N) is 3. The van der Waals surface area contributed by atoms with E-state index in [9.17, 15) is 12.8 Å². The summed E-state index contributed by atoms with van der Waals surface area (Å²) in [5.41, 5.74) is 2.29. The van der Waals surface area contributed by atoms with E-state index >= 15 is 0 Å². The molecule has 2 fully saturated rings. The average molecular weight is 447 g/mol. The van der Waals surface area contributed by atoms with Crippen molar-refractivity contribution in [2.45, 2.75) is 63.0 Å². The highest BCUT2D eigenvalue weighted by Crippen LogP contribution is 2.47. The maximum absolute atomic E-state index is 13.6. The molecule has 1 aromatic carbocycles. The van der Waals surface area contributed by atoms with Gasteiger partial charge in [-0.1, -0.05) is 12.1 Å². The number of hydrogen-bond acceptors (Lipinski definition) is 6. The molecule has 7 nitrogen and oxygen atoms in total. The molecule has 5 rings (SSSR count). The molecular formula is C22H27FN4O3S. The Morgan fingerprint density at radius 2 is 2.13 bits per heavy atom. The van der Waals surface area contributed by atoms with E-state index in [1.165, 1.54) is 12.1 Å². The van der Waals surface area contributed by atoms with Crippen LogP contribution in [0.4, 0.5) is 10.2 Å². The lowest BCUT2D eigenvalue weighted by Gasteiger charge is -2.35. The van der Waals surface area contributed by atoms with Gasteiger partial charge < -0.3 is 10.1 Å². The number of halogens is 1. The fourth-order valence-electron chi connectivity index (χ4n) is 5.17. The molecule has 3 aliphatic rings. The van der Waals surface area contributed by atoms with Crippen molar-refractivity contribution in [1.29, 1.82) is 0 Å². The number of fused-ring (bicyclic) bond motifs is 4. The highest BCUT2D eigenvalue weighted by molar-refractivity contribution is 7.88. The van der Waals surface area contributed by atoms with Crippen molar-refractivity contribution in [3.63, 3.8) is 0 Å². The average Bonchev–Trinajstić information content (AvgIpc) is 3.33. The molecule has 3 atom stereocenters. The van der Waals surface area contributed by atoms with Gasteiger partial charge in [0.1, 0.15) is 17.5 Å². The van der Waals surface area contributed by atoms with Crippen molar-refractivity contribution >= 4 is 15.8 Å². The lowest BCUT2D eigenvalue weighted by Crippen LogP contribution is -2.43. The summed E-state index contributed by atoms with van der Waals surface area (Å²) in [5.74, 6) is 0.765. The van der Waals surface area contributed by atoms with Gasteiger partial charge in [0.05, 0.1) is 23.6 Å². The van der Waals surface area contributed by atoms with Crippen molar-refractivity contribution in [2.75, 3.05) is 18.5 Å². The van der Waals surface area contributed by atoms with E-state index in [-0.39, 0.29) is 23.9 Å². The van der Waals surface area contributed by atoms with Crippen LogP contribution in [-0.2, 0) is 26.9 Å². The maximum Gasteiger partial charge on any atom is 0.219 e. The number of nitrogens with one attached hydrogen (secondary N) is 1. The van der Waals surface area contributed by atoms with Gasteiger partial charge in [-0.2, -0.15) is 4.31 Å². The third-order valence-electron chi connectivity index (χ3n) is 6.42. The fourth-order valence-corrected chi connectivity index (χ4v) is 7.16. The zero-order valence-corrected chi connectivity index (χ0v) is 18.4. The van der Waals surface area contributed by atoms with Gasteiger partial charge in [-0.3, -0.25) is 0 Å². The van der Waals surface area contributed by atoms with Crippen molar-refractivity contribution in [1.82, 2.24) is 14.3 Å². The fraction of sp³-hybridized carbons (Fsp3) is 0.545. The highest BCUT2D eigenvalue weighted by atomic mass is 32.2. The second-order valence-corrected chi connectivity index (χ2v) is 10.5. The molecule has 0 saturated carbocycles. The normalized spacial score (nSPS) is 25.5. The van der Waals surface area contributed by atoms with E-state index in [1.54, 1.807) is 16.4 Å². The molecule has 4 heterocycles. The van der Waals surface area contributed by atoms with Gasteiger partial charge in [0, 0.05) is 31.2 Å². The monoisotopic (exact) mass is 446 g/mol. The van der Waals surface area contributed by atoms with Crippen molar-refractivity contribution < 1.29 is 17.5 Å². The minimum atomic E-state index is -3.63. The topological polar surface area (TPSA) is 84.4 Å². The largest absolute Gasteiger partial charge is 0.376 e. The zero-order chi connectivity index (χ0) is 21.6. The number of aryl methyl sites for hydroxylation is 1. The Bertz CT molecular complexity index is 1090. The number of hydrogen-bond donors (Lipinski definition) is 1. The molecule has 0 radical (unpaired) electrons. The molecule has 0 unspecified atom stereocenters. The second-order valence-electron chi connectivity index (χ2n) is 8.66. The zero-order valence-electron chi connectivity index (χ0n) is 17.6. The van der Waals surface area contributed by atoms with Gasteiger partial charge in [0.25, 0.3) is 0 Å². The predicted octanol–water partition coefficient (Wildman–Crippen LogP) is 3.11. The van der Waals surface area contributed by atoms with Gasteiger partial charge in [-0.05, 0) is 50.3 Å². The van der Waals surface area contributed by atoms with E-state index in [1.807, 2.05) is 6.92 Å². The quantitative estimate of drug-likeness (QED) is 0.734. The highest BCUT2D eigenvalue weighted by Gasteiger charge is 2.48. The van der Waals surface area contributed by atoms with Gasteiger partial charge >= 0.3 is 0 Å². The molecule has 1 aromatic heterocycles. The summed E-state index contributed by atoms with van der Waals surface area (Å²) in [4.78, 5) is 9.28. The first-order valence-corrected chi connectivity index (χ1v) is 12.5. The number of rotatable bonds is 6. The van der Waals surface area contributed by atoms with Crippen LogP contribution in [0.15, 0.2) is 24.3 Å². The van der Waals surface area contributed by atoms with E-state index < -0.39 is 15.8 Å². The van der Waals surface area contributed by atoms with Crippen molar-refractivity contribution in [3.8, 4) is 0 Å². The number of aromatic nitrogens is 2. The number of sulfonamides is 1. The molecule has 0 aliphatic carbocycles. The minimum Gasteiger partial charge on any atom is -0.376 e. The summed E-state index contributed by atoms with van der Waals surface area (Å²) < 4.78 is 47.8. The first-order valence-electron chi connectivity index (χ1n) is 10.9. The minimum absolute atomic E-state index is 0.114. The Labute approximate surface area is 182 Å². The standard InChI is InChI=1S/C22H27FN4O3S/c1-14-25-19-11-17-7-8-20(21(19)22(26-14)24-12-18-6-3-9-30-18)27(17)31(28,29)13-15-4-2-5-16(23)10-15/h2,4-5,10,17-18,20H,3,6-9,11-13H2,1H3,(H,24,25,26)/t17-,18-,20+/m0/s1. The predicted molar refractivity (Wildman–Crippen MR) is 115 cm³/mol. The van der Waals surface area contributed by atoms with Crippen LogP contribution in [0.5, 0.6) is 0 Å². The smallest absolute Gasteiger partial charge is 0.219 e. The Hall–Kier alpha value is -2.10. The summed E-state index contributed by atoms with van der Waals surface area (Å²) in [6.45, 7) is 3.30. The maximum atomic E-state index is 13.6. The summed E-state index contributed by atoms with van der Waals surface area (Å²) in [5, 5.41) is 3.42. The third kappa shape index (κ3) is 4.06. The van der Waals surface area contributed by atoms with Crippen LogP contribution in [0.2, 0.25) is 0 Å². The van der Waals surface area contributed by atoms with Gasteiger partial charge in [-0.15, -0.1) is 0 Å². The van der Waals surface area contributed by atoms with Crippen LogP contribution < -0.4 is 5.32 Å². The molecule has 166 valence electrons. The van der Waals surface area contributed by atoms with Crippen LogP contribution >= 0.6 is 0 Å². The molecule has 3 aliphatic heterocycles. The van der Waals surface area contributed by atoms with Crippen LogP contribution in [0.25, 0.3) is 0 Å². The first-order chi connectivity index (χ1) is 14.9. The van der Waals surface area contributed by atoms with Gasteiger partial charge in [0.15, 0.2) is 0 Å². The summed E-state index contributed by atoms with van der Waals surface area (Å²) in [6, 6.07) is 5.41. The van der Waals surface area contributed by atoms with Crippen molar-refractivity contribution in [3.05, 3.63) is 52.7 Å². The molecule has 2 aromatic rings. The lowest BCUT2D eigenvalue weighted by molar-refractivity contribution is 0.120. The van der Waals surface area contributed by atoms with Gasteiger partial charge in [0.2, 0.25) is 10.0 Å². The third-order valence-corrected chi connectivity index (χ3v) is 8.31. The molecular weight excluding hydrogens is 419 g/mol. The summed E-state index contributed by atoms with van der Waals surface area (Å²) in [7, 11) is -3.63. The Kier molecular flexibility index (Phi) is 5.44. The molecule has 31 heavy (non-hydrogen) atoms. The Balaban J connectivity index is 1.45. The summed E-state index contributed by atoms with van der Waals surface area (Å²) >= 11 is 0. The SMILES string of the molecule is Cc1nc2c(c(NC[C@@H]3CCCO3)n1)[C@H]1CC[C@@H](C2)N1S(=O)(=O)Cc1cccc(F)c1. The van der Waals surface area contributed by atoms with E-state index in [0.717, 1.165) is 43.5 Å². The second kappa shape index (κ2) is 8.11. The van der Waals surface area contributed by atoms with E-state index in [0.29, 0.717) is 30.2 Å². The van der Waals surface area contributed by atoms with Gasteiger partial charge in [-0.25, -0.2) is 22.8 Å². The van der Waals surface area contributed by atoms with E-state index in [4.69, 9.17) is 4.74 Å². The Morgan fingerprint density at radius 3 is 2.90 bits per heavy atom. The number of anilines is 1. The van der Waals surface area contributed by atoms with Crippen LogP contribution in [0, 0.1) is 12.7 Å². The molecule has 2 saturated heterocycles. The van der Waals surface area contributed by atoms with Crippen molar-refractivity contribution in [2.24, 2.45) is 0 Å². The first kappa shape index (κ1) is 20.8. The molecule has 0 spiro atoms. The van der Waals surface area contributed by atoms with Crippen LogP contribution in [0.1, 0.15) is 54.4 Å². The Morgan fingerprint density at radius 1 is 1.26 bits per heavy atom.